The number of nitrogens with one attached hydrogen (secondary N) is 1. The molecule has 3 atom stereocenters. The molecule has 24 heavy (non-hydrogen) atoms. The lowest BCUT2D eigenvalue weighted by Gasteiger charge is -2.55. The number of fused-ring (bicyclic) bond motifs is 1. The highest BCUT2D eigenvalue weighted by molar-refractivity contribution is 8.03. The number of aliphatic imine (C=N–C) groups is 1. The third-order valence-electron chi connectivity index (χ3n) is 4.23. The van der Waals surface area contributed by atoms with Crippen LogP contribution in [0.1, 0.15) is 13.3 Å². The van der Waals surface area contributed by atoms with Crippen LogP contribution in [0.15, 0.2) is 15.6 Å². The lowest BCUT2D eigenvalue weighted by Crippen LogP contribution is -2.74. The Morgan fingerprint density at radius 3 is 3.00 bits per heavy atom. The van der Waals surface area contributed by atoms with E-state index in [9.17, 15) is 19.8 Å². The molecule has 1 saturated heterocycles. The van der Waals surface area contributed by atoms with Gasteiger partial charge in [-0.2, -0.15) is 5.26 Å². The van der Waals surface area contributed by atoms with Gasteiger partial charge < -0.3 is 21.3 Å². The van der Waals surface area contributed by atoms with Crippen LogP contribution in [-0.2, 0) is 9.59 Å². The molecule has 2 rings (SSSR count). The highest BCUT2D eigenvalue weighted by Gasteiger charge is 2.67. The quantitative estimate of drug-likeness (QED) is 0.109. The van der Waals surface area contributed by atoms with Crippen LogP contribution >= 0.6 is 11.8 Å². The summed E-state index contributed by atoms with van der Waals surface area (Å²) < 4.78 is 0. The van der Waals surface area contributed by atoms with E-state index in [1.54, 1.807) is 6.19 Å². The normalized spacial score (nSPS) is 27.0. The zero-order valence-corrected chi connectivity index (χ0v) is 13.9. The fraction of sp³-hybridized carbons (Fsp3) is 0.571. The fourth-order valence-electron chi connectivity index (χ4n) is 3.40. The first kappa shape index (κ1) is 18.1. The number of carboxylic acids is 1. The number of nitrogens with two attached hydrogens (primary N) is 1. The molecule has 3 unspecified atom stereocenters. The van der Waals surface area contributed by atoms with E-state index in [0.717, 1.165) is 0 Å². The van der Waals surface area contributed by atoms with Crippen molar-refractivity contribution in [2.75, 3.05) is 18.8 Å². The highest BCUT2D eigenvalue weighted by atomic mass is 32.2. The maximum absolute atomic E-state index is 12.4. The number of aliphatic hydroxyl groups is 1. The lowest BCUT2D eigenvalue weighted by atomic mass is 9.70. The standard InChI is InChI=1S/C14H19N5O4S/c1-8(20)10-12(21)19-11(13(22)23)9(24-3-2-17-6-15)4-14(10,19)5-18-7-16/h6,8,10,18,20H,2-5H2,1H3,(H2,15,17)(H,22,23). The number of aliphatic carboxylic acids is 1. The van der Waals surface area contributed by atoms with E-state index in [1.165, 1.54) is 29.9 Å². The molecular weight excluding hydrogens is 334 g/mol. The van der Waals surface area contributed by atoms with Crippen LogP contribution in [0.4, 0.5) is 0 Å². The smallest absolute Gasteiger partial charge is 0.353 e. The molecule has 1 amide bonds. The van der Waals surface area contributed by atoms with Gasteiger partial charge in [0.2, 0.25) is 5.91 Å². The van der Waals surface area contributed by atoms with Crippen molar-refractivity contribution < 1.29 is 19.8 Å². The largest absolute Gasteiger partial charge is 0.477 e. The second kappa shape index (κ2) is 7.11. The van der Waals surface area contributed by atoms with Gasteiger partial charge in [-0.3, -0.25) is 14.7 Å². The Labute approximate surface area is 143 Å². The van der Waals surface area contributed by atoms with E-state index in [-0.39, 0.29) is 18.7 Å². The van der Waals surface area contributed by atoms with Crippen molar-refractivity contribution in [3.8, 4) is 6.19 Å². The van der Waals surface area contributed by atoms with Gasteiger partial charge in [-0.15, -0.1) is 11.8 Å². The number of amides is 1. The van der Waals surface area contributed by atoms with Crippen LogP contribution < -0.4 is 11.1 Å². The Morgan fingerprint density at radius 2 is 2.46 bits per heavy atom. The summed E-state index contributed by atoms with van der Waals surface area (Å²) in [6.07, 6.45) is 2.32. The van der Waals surface area contributed by atoms with Gasteiger partial charge in [0, 0.05) is 23.6 Å². The van der Waals surface area contributed by atoms with E-state index >= 15 is 0 Å². The summed E-state index contributed by atoms with van der Waals surface area (Å²) in [5, 5.41) is 30.8. The van der Waals surface area contributed by atoms with E-state index in [2.05, 4.69) is 10.3 Å². The molecule has 5 N–H and O–H groups in total. The zero-order chi connectivity index (χ0) is 17.9. The molecule has 0 aliphatic carbocycles. The average Bonchev–Trinajstić information content (AvgIpc) is 2.79. The van der Waals surface area contributed by atoms with E-state index in [1.807, 2.05) is 0 Å². The van der Waals surface area contributed by atoms with Crippen molar-refractivity contribution in [2.45, 2.75) is 25.0 Å². The van der Waals surface area contributed by atoms with Crippen LogP contribution in [0, 0.1) is 17.4 Å². The van der Waals surface area contributed by atoms with Gasteiger partial charge in [-0.1, -0.05) is 0 Å². The molecule has 0 saturated carbocycles. The number of aliphatic hydroxyl groups excluding tert-OH is 1. The minimum atomic E-state index is -1.20. The molecule has 2 heterocycles. The third kappa shape index (κ3) is 2.81. The number of carbonyl (C=O) groups is 2. The zero-order valence-electron chi connectivity index (χ0n) is 13.1. The van der Waals surface area contributed by atoms with Gasteiger partial charge in [0.1, 0.15) is 5.70 Å². The first-order valence-electron chi connectivity index (χ1n) is 7.34. The lowest BCUT2D eigenvalue weighted by molar-refractivity contribution is -0.175. The van der Waals surface area contributed by atoms with Crippen LogP contribution in [0.3, 0.4) is 0 Å². The predicted octanol–water partition coefficient (Wildman–Crippen LogP) is -0.945. The van der Waals surface area contributed by atoms with Crippen LogP contribution in [0.25, 0.3) is 0 Å². The van der Waals surface area contributed by atoms with Crippen LogP contribution in [0.2, 0.25) is 0 Å². The Kier molecular flexibility index (Phi) is 5.36. The molecule has 0 aromatic heterocycles. The monoisotopic (exact) mass is 353 g/mol. The van der Waals surface area contributed by atoms with Crippen LogP contribution in [-0.4, -0.2) is 63.8 Å². The summed E-state index contributed by atoms with van der Waals surface area (Å²) in [4.78, 5) is 29.7. The van der Waals surface area contributed by atoms with Gasteiger partial charge >= 0.3 is 5.97 Å². The molecule has 1 fully saturated rings. The number of hydrogen-bond acceptors (Lipinski definition) is 7. The number of β-lactam (4-membered cyclic amide) rings is 1. The number of carbonyl (C=O) groups excluding carboxylic acids is 1. The van der Waals surface area contributed by atoms with E-state index < -0.39 is 29.4 Å². The number of rotatable bonds is 8. The average molecular weight is 353 g/mol. The topological polar surface area (TPSA) is 152 Å². The predicted molar refractivity (Wildman–Crippen MR) is 87.6 cm³/mol. The van der Waals surface area contributed by atoms with Crippen LogP contribution in [0.5, 0.6) is 0 Å². The maximum atomic E-state index is 12.4. The second-order valence-electron chi connectivity index (χ2n) is 5.62. The first-order valence-corrected chi connectivity index (χ1v) is 8.32. The number of hydrogen-bond donors (Lipinski definition) is 4. The van der Waals surface area contributed by atoms with Crippen molar-refractivity contribution >= 4 is 30.0 Å². The van der Waals surface area contributed by atoms with Crippen molar-refractivity contribution in [2.24, 2.45) is 16.6 Å². The molecule has 9 nitrogen and oxygen atoms in total. The molecule has 2 aliphatic heterocycles. The summed E-state index contributed by atoms with van der Waals surface area (Å²) >= 11 is 1.30. The molecule has 10 heteroatoms. The van der Waals surface area contributed by atoms with Crippen molar-refractivity contribution in [1.82, 2.24) is 10.2 Å². The maximum Gasteiger partial charge on any atom is 0.353 e. The molecule has 0 radical (unpaired) electrons. The summed E-state index contributed by atoms with van der Waals surface area (Å²) in [5.74, 6) is -1.86. The SMILES string of the molecule is CC(O)C1C(=O)N2C(C(=O)O)=C(SCCN=CN)CC12CNC#N. The van der Waals surface area contributed by atoms with Crippen molar-refractivity contribution in [1.29, 1.82) is 5.26 Å². The molecule has 130 valence electrons. The Balaban J connectivity index is 2.31. The third-order valence-corrected chi connectivity index (χ3v) is 5.30. The fourth-order valence-corrected chi connectivity index (χ4v) is 4.51. The van der Waals surface area contributed by atoms with Gasteiger partial charge in [0.05, 0.1) is 30.4 Å². The van der Waals surface area contributed by atoms with Gasteiger partial charge in [-0.05, 0) is 6.92 Å². The molecule has 0 spiro atoms. The van der Waals surface area contributed by atoms with E-state index in [4.69, 9.17) is 11.0 Å². The summed E-state index contributed by atoms with van der Waals surface area (Å²) in [5.41, 5.74) is 4.18. The van der Waals surface area contributed by atoms with E-state index in [0.29, 0.717) is 17.2 Å². The Hall–Kier alpha value is -2.25. The number of carboxylic acid groups (broad SMARTS) is 1. The molecule has 2 aliphatic rings. The van der Waals surface area contributed by atoms with Crippen molar-refractivity contribution in [3.63, 3.8) is 0 Å². The second-order valence-corrected chi connectivity index (χ2v) is 6.81. The van der Waals surface area contributed by atoms with Crippen molar-refractivity contribution in [3.05, 3.63) is 10.6 Å². The molecular formula is C14H19N5O4S. The number of nitrogens with zero attached hydrogens (tertiary/aromatic N) is 3. The summed E-state index contributed by atoms with van der Waals surface area (Å²) in [6.45, 7) is 2.01. The Bertz CT molecular complexity index is 642. The Morgan fingerprint density at radius 1 is 1.75 bits per heavy atom. The van der Waals surface area contributed by atoms with Gasteiger partial charge in [-0.25, -0.2) is 4.79 Å². The summed E-state index contributed by atoms with van der Waals surface area (Å²) in [6, 6.07) is 0. The molecule has 0 aromatic rings. The molecule has 0 bridgehead atoms. The van der Waals surface area contributed by atoms with Gasteiger partial charge in [0.15, 0.2) is 6.19 Å². The number of thioether (sulfide) groups is 1. The summed E-state index contributed by atoms with van der Waals surface area (Å²) in [7, 11) is 0. The first-order chi connectivity index (χ1) is 11.4. The number of nitriles is 1. The highest BCUT2D eigenvalue weighted by Crippen LogP contribution is 2.54. The molecule has 0 aromatic carbocycles. The van der Waals surface area contributed by atoms with Gasteiger partial charge in [0.25, 0.3) is 0 Å². The minimum absolute atomic E-state index is 0.0710. The minimum Gasteiger partial charge on any atom is -0.477 e.